The number of aryl methyl sites for hydroxylation is 2. The van der Waals surface area contributed by atoms with Crippen LogP contribution in [0.5, 0.6) is 0 Å². The molecule has 1 unspecified atom stereocenters. The standard InChI is InChI=1S/C19H19FN2O2/c1-11-6-16(12(2)17(20)7-11)19(18(23)24)5-4-14(8-19)15-9-21-13(3)22-10-15/h6-10H,4-5H2,1-3H3,(H,23,24). The number of carboxylic acids is 1. The minimum Gasteiger partial charge on any atom is -0.480 e. The van der Waals surface area contributed by atoms with Crippen LogP contribution >= 0.6 is 0 Å². The molecular formula is C19H19FN2O2. The molecule has 4 nitrogen and oxygen atoms in total. The van der Waals surface area contributed by atoms with Gasteiger partial charge in [0.25, 0.3) is 0 Å². The molecule has 1 N–H and O–H groups in total. The number of rotatable bonds is 3. The molecule has 0 saturated carbocycles. The second-order valence-electron chi connectivity index (χ2n) is 6.38. The zero-order valence-corrected chi connectivity index (χ0v) is 13.9. The number of aromatic nitrogens is 2. The van der Waals surface area contributed by atoms with E-state index in [-0.39, 0.29) is 5.82 Å². The predicted molar refractivity (Wildman–Crippen MR) is 89.2 cm³/mol. The van der Waals surface area contributed by atoms with Gasteiger partial charge in [-0.1, -0.05) is 12.1 Å². The van der Waals surface area contributed by atoms with Gasteiger partial charge in [0.1, 0.15) is 17.1 Å². The van der Waals surface area contributed by atoms with Gasteiger partial charge in [0.05, 0.1) is 0 Å². The van der Waals surface area contributed by atoms with Gasteiger partial charge in [0.2, 0.25) is 0 Å². The van der Waals surface area contributed by atoms with E-state index in [2.05, 4.69) is 9.97 Å². The fourth-order valence-corrected chi connectivity index (χ4v) is 3.33. The SMILES string of the molecule is Cc1cc(F)c(C)c(C2(C(=O)O)C=C(c3cnc(C)nc3)CC2)c1. The van der Waals surface area contributed by atoms with Gasteiger partial charge in [-0.05, 0) is 61.9 Å². The molecule has 0 bridgehead atoms. The summed E-state index contributed by atoms with van der Waals surface area (Å²) in [5.41, 5.74) is 2.12. The van der Waals surface area contributed by atoms with E-state index in [9.17, 15) is 14.3 Å². The summed E-state index contributed by atoms with van der Waals surface area (Å²) in [4.78, 5) is 20.5. The molecule has 1 heterocycles. The Bertz CT molecular complexity index is 843. The van der Waals surface area contributed by atoms with Gasteiger partial charge in [0, 0.05) is 18.0 Å². The molecule has 1 aromatic carbocycles. The molecule has 0 spiro atoms. The van der Waals surface area contributed by atoms with Crippen molar-refractivity contribution in [1.29, 1.82) is 0 Å². The van der Waals surface area contributed by atoms with Crippen molar-refractivity contribution in [2.24, 2.45) is 0 Å². The number of hydrogen-bond donors (Lipinski definition) is 1. The Hall–Kier alpha value is -2.56. The van der Waals surface area contributed by atoms with E-state index in [1.807, 2.05) is 0 Å². The molecule has 1 aliphatic rings. The maximum Gasteiger partial charge on any atom is 0.318 e. The van der Waals surface area contributed by atoms with Gasteiger partial charge >= 0.3 is 5.97 Å². The summed E-state index contributed by atoms with van der Waals surface area (Å²) in [5.74, 6) is -0.664. The van der Waals surface area contributed by atoms with Gasteiger partial charge in [0.15, 0.2) is 0 Å². The minimum absolute atomic E-state index is 0.369. The summed E-state index contributed by atoms with van der Waals surface area (Å²) < 4.78 is 14.2. The topological polar surface area (TPSA) is 63.1 Å². The largest absolute Gasteiger partial charge is 0.480 e. The van der Waals surface area contributed by atoms with Gasteiger partial charge in [-0.2, -0.15) is 0 Å². The van der Waals surface area contributed by atoms with Crippen molar-refractivity contribution >= 4 is 11.5 Å². The molecule has 1 aliphatic carbocycles. The first-order chi connectivity index (χ1) is 11.3. The van der Waals surface area contributed by atoms with Crippen LogP contribution in [-0.2, 0) is 10.2 Å². The normalized spacial score (nSPS) is 20.1. The smallest absolute Gasteiger partial charge is 0.318 e. The lowest BCUT2D eigenvalue weighted by Crippen LogP contribution is -2.32. The van der Waals surface area contributed by atoms with Crippen LogP contribution in [0.3, 0.4) is 0 Å². The zero-order valence-electron chi connectivity index (χ0n) is 13.9. The van der Waals surface area contributed by atoms with Crippen LogP contribution in [0.4, 0.5) is 4.39 Å². The summed E-state index contributed by atoms with van der Waals surface area (Å²) in [6, 6.07) is 3.21. The molecule has 0 saturated heterocycles. The number of benzene rings is 1. The third-order valence-electron chi connectivity index (χ3n) is 4.71. The number of carboxylic acid groups (broad SMARTS) is 1. The Morgan fingerprint density at radius 2 is 1.88 bits per heavy atom. The van der Waals surface area contributed by atoms with Crippen molar-refractivity contribution < 1.29 is 14.3 Å². The molecule has 124 valence electrons. The summed E-state index contributed by atoms with van der Waals surface area (Å²) in [5, 5.41) is 9.93. The number of halogens is 1. The molecule has 0 fully saturated rings. The first kappa shape index (κ1) is 16.3. The van der Waals surface area contributed by atoms with E-state index in [1.54, 1.807) is 45.3 Å². The molecule has 1 atom stereocenters. The summed E-state index contributed by atoms with van der Waals surface area (Å²) in [6.45, 7) is 5.21. The Labute approximate surface area is 140 Å². The maximum absolute atomic E-state index is 14.2. The van der Waals surface area contributed by atoms with Gasteiger partial charge in [-0.15, -0.1) is 0 Å². The van der Waals surface area contributed by atoms with E-state index >= 15 is 0 Å². The summed E-state index contributed by atoms with van der Waals surface area (Å²) >= 11 is 0. The second kappa shape index (κ2) is 5.82. The van der Waals surface area contributed by atoms with Crippen molar-refractivity contribution in [3.05, 3.63) is 64.5 Å². The Kier molecular flexibility index (Phi) is 3.95. The molecule has 0 radical (unpaired) electrons. The molecule has 1 aromatic heterocycles. The monoisotopic (exact) mass is 326 g/mol. The zero-order chi connectivity index (χ0) is 17.5. The molecule has 24 heavy (non-hydrogen) atoms. The molecule has 5 heteroatoms. The van der Waals surface area contributed by atoms with Gasteiger partial charge in [-0.25, -0.2) is 14.4 Å². The molecule has 0 amide bonds. The summed E-state index contributed by atoms with van der Waals surface area (Å²) in [6.07, 6.45) is 6.14. The first-order valence-corrected chi connectivity index (χ1v) is 7.85. The number of allylic oxidation sites excluding steroid dienone is 1. The van der Waals surface area contributed by atoms with E-state index < -0.39 is 11.4 Å². The number of hydrogen-bond acceptors (Lipinski definition) is 3. The molecule has 0 aliphatic heterocycles. The van der Waals surface area contributed by atoms with Crippen molar-refractivity contribution in [2.45, 2.75) is 39.0 Å². The van der Waals surface area contributed by atoms with E-state index in [0.717, 1.165) is 11.1 Å². The number of aliphatic carboxylic acids is 1. The summed E-state index contributed by atoms with van der Waals surface area (Å²) in [7, 11) is 0. The van der Waals surface area contributed by atoms with E-state index in [4.69, 9.17) is 0 Å². The van der Waals surface area contributed by atoms with Crippen LogP contribution in [0.1, 0.15) is 40.9 Å². The van der Waals surface area contributed by atoms with Crippen molar-refractivity contribution in [1.82, 2.24) is 9.97 Å². The lowest BCUT2D eigenvalue weighted by Gasteiger charge is -2.25. The van der Waals surface area contributed by atoms with Crippen LogP contribution in [0, 0.1) is 26.6 Å². The van der Waals surface area contributed by atoms with Crippen molar-refractivity contribution in [2.75, 3.05) is 0 Å². The van der Waals surface area contributed by atoms with Crippen LogP contribution in [0.25, 0.3) is 5.57 Å². The molecule has 2 aromatic rings. The van der Waals surface area contributed by atoms with E-state index in [1.165, 1.54) is 6.07 Å². The van der Waals surface area contributed by atoms with Crippen LogP contribution in [-0.4, -0.2) is 21.0 Å². The Balaban J connectivity index is 2.15. The fraction of sp³-hybridized carbons (Fsp3) is 0.316. The number of nitrogens with zero attached hydrogens (tertiary/aromatic N) is 2. The highest BCUT2D eigenvalue weighted by atomic mass is 19.1. The lowest BCUT2D eigenvalue weighted by atomic mass is 9.77. The van der Waals surface area contributed by atoms with Crippen molar-refractivity contribution in [3.8, 4) is 0 Å². The Morgan fingerprint density at radius 1 is 1.21 bits per heavy atom. The number of carbonyl (C=O) groups is 1. The average molecular weight is 326 g/mol. The first-order valence-electron chi connectivity index (χ1n) is 7.85. The highest BCUT2D eigenvalue weighted by Gasteiger charge is 2.43. The molecule has 3 rings (SSSR count). The van der Waals surface area contributed by atoms with Gasteiger partial charge in [-0.3, -0.25) is 4.79 Å². The highest BCUT2D eigenvalue weighted by Crippen LogP contribution is 2.44. The quantitative estimate of drug-likeness (QED) is 0.933. The Morgan fingerprint density at radius 3 is 2.50 bits per heavy atom. The lowest BCUT2D eigenvalue weighted by molar-refractivity contribution is -0.141. The second-order valence-corrected chi connectivity index (χ2v) is 6.38. The minimum atomic E-state index is -1.21. The van der Waals surface area contributed by atoms with Crippen LogP contribution in [0.15, 0.2) is 30.6 Å². The highest BCUT2D eigenvalue weighted by molar-refractivity contribution is 5.90. The van der Waals surface area contributed by atoms with Crippen molar-refractivity contribution in [3.63, 3.8) is 0 Å². The maximum atomic E-state index is 14.2. The van der Waals surface area contributed by atoms with Gasteiger partial charge < -0.3 is 5.11 Å². The van der Waals surface area contributed by atoms with Crippen LogP contribution < -0.4 is 0 Å². The molecular weight excluding hydrogens is 307 g/mol. The average Bonchev–Trinajstić information content (AvgIpc) is 2.98. The van der Waals surface area contributed by atoms with E-state index in [0.29, 0.717) is 35.4 Å². The third-order valence-corrected chi connectivity index (χ3v) is 4.71. The predicted octanol–water partition coefficient (Wildman–Crippen LogP) is 3.74. The third kappa shape index (κ3) is 2.60. The fourth-order valence-electron chi connectivity index (χ4n) is 3.33. The van der Waals surface area contributed by atoms with Crippen LogP contribution in [0.2, 0.25) is 0 Å².